The standard InChI is InChI=1S/C41H62O5S/c1-4-6-8-10-12-14-16-18-20-22-24-26-28-30-32-34-40(43)45-36-39(37-47-38(3)42)46-41(44)35-33-31-29-27-25-23-21-19-17-15-13-11-9-7-5-2/h39H,4-15,24-37H2,1-3H3. The minimum atomic E-state index is -0.629. The van der Waals surface area contributed by atoms with Gasteiger partial charge in [-0.05, 0) is 62.2 Å². The molecular weight excluding hydrogens is 605 g/mol. The van der Waals surface area contributed by atoms with E-state index in [1.54, 1.807) is 0 Å². The second-order valence-electron chi connectivity index (χ2n) is 12.0. The first-order chi connectivity index (χ1) is 23.0. The number of hydrogen-bond donors (Lipinski definition) is 0. The Bertz CT molecular complexity index is 1070. The third-order valence-electron chi connectivity index (χ3n) is 7.36. The molecular formula is C41H62O5S. The molecule has 1 atom stereocenters. The summed E-state index contributed by atoms with van der Waals surface area (Å²) in [5, 5.41) is -0.0663. The van der Waals surface area contributed by atoms with E-state index in [-0.39, 0.29) is 29.4 Å². The molecule has 5 nitrogen and oxygen atoms in total. The van der Waals surface area contributed by atoms with Crippen LogP contribution in [0.1, 0.15) is 175 Å². The van der Waals surface area contributed by atoms with Crippen LogP contribution in [0.3, 0.4) is 0 Å². The molecule has 0 aliphatic rings. The lowest BCUT2D eigenvalue weighted by Crippen LogP contribution is -2.28. The van der Waals surface area contributed by atoms with Crippen molar-refractivity contribution in [3.63, 3.8) is 0 Å². The van der Waals surface area contributed by atoms with E-state index in [1.807, 2.05) is 0 Å². The Morgan fingerprint density at radius 2 is 0.915 bits per heavy atom. The highest BCUT2D eigenvalue weighted by Gasteiger charge is 2.18. The van der Waals surface area contributed by atoms with E-state index in [2.05, 4.69) is 61.2 Å². The molecule has 0 radical (unpaired) electrons. The largest absolute Gasteiger partial charge is 0.462 e. The van der Waals surface area contributed by atoms with Gasteiger partial charge in [0.05, 0.1) is 0 Å². The van der Waals surface area contributed by atoms with E-state index in [0.29, 0.717) is 12.8 Å². The molecule has 0 aromatic heterocycles. The quantitative estimate of drug-likeness (QED) is 0.0494. The molecule has 0 saturated heterocycles. The van der Waals surface area contributed by atoms with Gasteiger partial charge in [-0.3, -0.25) is 14.4 Å². The molecule has 0 aromatic rings. The summed E-state index contributed by atoms with van der Waals surface area (Å²) in [4.78, 5) is 36.1. The molecule has 0 saturated carbocycles. The van der Waals surface area contributed by atoms with Gasteiger partial charge in [0.1, 0.15) is 12.7 Å². The molecule has 0 N–H and O–H groups in total. The number of rotatable bonds is 27. The Balaban J connectivity index is 4.02. The lowest BCUT2D eigenvalue weighted by molar-refractivity contribution is -0.157. The summed E-state index contributed by atoms with van der Waals surface area (Å²) in [7, 11) is 0. The maximum Gasteiger partial charge on any atom is 0.306 e. The first-order valence-corrected chi connectivity index (χ1v) is 19.4. The number of hydrogen-bond acceptors (Lipinski definition) is 6. The fourth-order valence-corrected chi connectivity index (χ4v) is 5.15. The number of thioether (sulfide) groups is 1. The maximum absolute atomic E-state index is 12.4. The van der Waals surface area contributed by atoms with E-state index < -0.39 is 6.10 Å². The molecule has 0 aromatic carbocycles. The van der Waals surface area contributed by atoms with Gasteiger partial charge in [-0.15, -0.1) is 0 Å². The van der Waals surface area contributed by atoms with Crippen molar-refractivity contribution in [1.82, 2.24) is 0 Å². The molecule has 0 fully saturated rings. The van der Waals surface area contributed by atoms with Gasteiger partial charge in [0.2, 0.25) is 0 Å². The van der Waals surface area contributed by atoms with Crippen LogP contribution in [0.15, 0.2) is 0 Å². The van der Waals surface area contributed by atoms with Crippen LogP contribution in [0.2, 0.25) is 0 Å². The van der Waals surface area contributed by atoms with Gasteiger partial charge < -0.3 is 9.47 Å². The summed E-state index contributed by atoms with van der Waals surface area (Å²) in [6.07, 6.45) is 23.4. The van der Waals surface area contributed by atoms with Crippen molar-refractivity contribution >= 4 is 28.8 Å². The highest BCUT2D eigenvalue weighted by molar-refractivity contribution is 8.13. The highest BCUT2D eigenvalue weighted by Crippen LogP contribution is 2.12. The Morgan fingerprint density at radius 3 is 1.32 bits per heavy atom. The minimum Gasteiger partial charge on any atom is -0.462 e. The lowest BCUT2D eigenvalue weighted by Gasteiger charge is -2.17. The maximum atomic E-state index is 12.4. The van der Waals surface area contributed by atoms with Crippen LogP contribution < -0.4 is 0 Å². The molecule has 0 bridgehead atoms. The Labute approximate surface area is 292 Å². The average molecular weight is 667 g/mol. The fraction of sp³-hybridized carbons (Fsp3) is 0.732. The lowest BCUT2D eigenvalue weighted by atomic mass is 10.1. The zero-order valence-electron chi connectivity index (χ0n) is 29.9. The molecule has 1 unspecified atom stereocenters. The summed E-state index contributed by atoms with van der Waals surface area (Å²) in [5.41, 5.74) is 0. The van der Waals surface area contributed by atoms with Crippen LogP contribution in [0.25, 0.3) is 0 Å². The molecule has 0 spiro atoms. The van der Waals surface area contributed by atoms with Crippen molar-refractivity contribution in [3.8, 4) is 47.4 Å². The third-order valence-corrected chi connectivity index (χ3v) is 8.30. The van der Waals surface area contributed by atoms with Gasteiger partial charge >= 0.3 is 11.9 Å². The van der Waals surface area contributed by atoms with Crippen LogP contribution in [0.4, 0.5) is 0 Å². The average Bonchev–Trinajstić information content (AvgIpc) is 3.05. The second kappa shape index (κ2) is 36.0. The molecule has 0 amide bonds. The number of unbranched alkanes of at least 4 members (excludes halogenated alkanes) is 18. The fourth-order valence-electron chi connectivity index (χ4n) is 4.56. The summed E-state index contributed by atoms with van der Waals surface area (Å²) < 4.78 is 10.9. The van der Waals surface area contributed by atoms with Crippen LogP contribution in [-0.2, 0) is 23.9 Å². The van der Waals surface area contributed by atoms with Gasteiger partial charge in [0.25, 0.3) is 0 Å². The normalized spacial score (nSPS) is 10.5. The van der Waals surface area contributed by atoms with Crippen molar-refractivity contribution in [2.24, 2.45) is 0 Å². The first kappa shape index (κ1) is 44.2. The van der Waals surface area contributed by atoms with Crippen LogP contribution >= 0.6 is 11.8 Å². The molecule has 47 heavy (non-hydrogen) atoms. The predicted molar refractivity (Wildman–Crippen MR) is 197 cm³/mol. The zero-order valence-corrected chi connectivity index (χ0v) is 30.7. The summed E-state index contributed by atoms with van der Waals surface area (Å²) >= 11 is 1.07. The topological polar surface area (TPSA) is 69.7 Å². The molecule has 0 heterocycles. The van der Waals surface area contributed by atoms with Crippen LogP contribution in [0.5, 0.6) is 0 Å². The summed E-state index contributed by atoms with van der Waals surface area (Å²) in [5.74, 6) is 23.9. The number of carbonyl (C=O) groups excluding carboxylic acids is 3. The molecule has 0 rings (SSSR count). The van der Waals surface area contributed by atoms with E-state index >= 15 is 0 Å². The molecule has 0 aliphatic carbocycles. The van der Waals surface area contributed by atoms with E-state index in [0.717, 1.165) is 102 Å². The summed E-state index contributed by atoms with van der Waals surface area (Å²) in [6, 6.07) is 0. The molecule has 0 aliphatic heterocycles. The predicted octanol–water partition coefficient (Wildman–Crippen LogP) is 10.1. The van der Waals surface area contributed by atoms with Gasteiger partial charge in [-0.25, -0.2) is 0 Å². The van der Waals surface area contributed by atoms with Crippen molar-refractivity contribution in [2.75, 3.05) is 12.4 Å². The van der Waals surface area contributed by atoms with Gasteiger partial charge in [-0.1, -0.05) is 126 Å². The van der Waals surface area contributed by atoms with Gasteiger partial charge in [-0.2, -0.15) is 0 Å². The van der Waals surface area contributed by atoms with Crippen molar-refractivity contribution in [3.05, 3.63) is 0 Å². The van der Waals surface area contributed by atoms with Gasteiger partial charge in [0, 0.05) is 51.2 Å². The second-order valence-corrected chi connectivity index (χ2v) is 13.2. The Hall–Kier alpha value is -2.80. The van der Waals surface area contributed by atoms with Crippen molar-refractivity contribution < 1.29 is 23.9 Å². The Kier molecular flexibility index (Phi) is 33.9. The highest BCUT2D eigenvalue weighted by atomic mass is 32.2. The number of esters is 2. The van der Waals surface area contributed by atoms with Crippen molar-refractivity contribution in [1.29, 1.82) is 0 Å². The smallest absolute Gasteiger partial charge is 0.306 e. The van der Waals surface area contributed by atoms with E-state index in [4.69, 9.17) is 9.47 Å². The first-order valence-electron chi connectivity index (χ1n) is 18.4. The zero-order chi connectivity index (χ0) is 34.5. The molecule has 6 heteroatoms. The monoisotopic (exact) mass is 666 g/mol. The van der Waals surface area contributed by atoms with Crippen LogP contribution in [-0.4, -0.2) is 35.5 Å². The molecule has 262 valence electrons. The van der Waals surface area contributed by atoms with E-state index in [1.165, 1.54) is 58.3 Å². The minimum absolute atomic E-state index is 0.0271. The van der Waals surface area contributed by atoms with Crippen LogP contribution in [0, 0.1) is 47.4 Å². The number of carbonyl (C=O) groups is 3. The SMILES string of the molecule is CCCCCCCC#CC#CCCCCCCC(=O)OCC(CSC(C)=O)OC(=O)CCCCCCC#CC#CCCCCCCC. The third kappa shape index (κ3) is 35.9. The summed E-state index contributed by atoms with van der Waals surface area (Å²) in [6.45, 7) is 5.88. The Morgan fingerprint density at radius 1 is 0.532 bits per heavy atom. The van der Waals surface area contributed by atoms with Crippen molar-refractivity contribution in [2.45, 2.75) is 181 Å². The van der Waals surface area contributed by atoms with Gasteiger partial charge in [0.15, 0.2) is 5.12 Å². The number of ether oxygens (including phenoxy) is 2. The van der Waals surface area contributed by atoms with E-state index in [9.17, 15) is 14.4 Å².